The van der Waals surface area contributed by atoms with Crippen LogP contribution in [0.4, 0.5) is 5.95 Å². The predicted octanol–water partition coefficient (Wildman–Crippen LogP) is 5.34. The van der Waals surface area contributed by atoms with E-state index in [-0.39, 0.29) is 16.9 Å². The fraction of sp³-hybridized carbons (Fsp3) is 0.333. The summed E-state index contributed by atoms with van der Waals surface area (Å²) < 4.78 is 28.8. The van der Waals surface area contributed by atoms with Gasteiger partial charge in [-0.1, -0.05) is 49.6 Å². The molecule has 2 aromatic heterocycles. The molecule has 5 rings (SSSR count). The van der Waals surface area contributed by atoms with Gasteiger partial charge in [-0.05, 0) is 44.7 Å². The molecule has 1 saturated carbocycles. The number of nitrogens with one attached hydrogen (secondary N) is 1. The van der Waals surface area contributed by atoms with Gasteiger partial charge in [0.05, 0.1) is 27.0 Å². The molecule has 0 amide bonds. The summed E-state index contributed by atoms with van der Waals surface area (Å²) in [6.45, 7) is 3.32. The highest BCUT2D eigenvalue weighted by Gasteiger charge is 2.29. The number of rotatable bonds is 5. The van der Waals surface area contributed by atoms with Gasteiger partial charge in [-0.25, -0.2) is 18.4 Å². The molecule has 0 saturated heterocycles. The van der Waals surface area contributed by atoms with Gasteiger partial charge in [-0.15, -0.1) is 6.42 Å². The third-order valence-electron chi connectivity index (χ3n) is 6.80. The molecule has 0 atom stereocenters. The summed E-state index contributed by atoms with van der Waals surface area (Å²) >= 11 is 0. The lowest BCUT2D eigenvalue weighted by atomic mass is 9.94. The van der Waals surface area contributed by atoms with E-state index in [0.29, 0.717) is 28.1 Å². The van der Waals surface area contributed by atoms with Crippen molar-refractivity contribution in [3.63, 3.8) is 0 Å². The second kappa shape index (κ2) is 8.90. The van der Waals surface area contributed by atoms with Crippen LogP contribution in [-0.4, -0.2) is 33.2 Å². The average molecular weight is 488 g/mol. The number of terminal acetylenes is 1. The summed E-state index contributed by atoms with van der Waals surface area (Å²) in [5.41, 5.74) is 10.0. The third kappa shape index (κ3) is 4.00. The molecule has 1 fully saturated rings. The predicted molar refractivity (Wildman–Crippen MR) is 140 cm³/mol. The summed E-state index contributed by atoms with van der Waals surface area (Å²) in [4.78, 5) is 12.3. The first-order valence-corrected chi connectivity index (χ1v) is 13.5. The van der Waals surface area contributed by atoms with Crippen molar-refractivity contribution in [2.75, 3.05) is 5.73 Å². The summed E-state index contributed by atoms with van der Waals surface area (Å²) in [7, 11) is -3.64. The molecule has 0 radical (unpaired) electrons. The first kappa shape index (κ1) is 23.2. The first-order chi connectivity index (χ1) is 16.8. The Kier molecular flexibility index (Phi) is 5.89. The third-order valence-corrected chi connectivity index (χ3v) is 8.96. The van der Waals surface area contributed by atoms with E-state index in [1.807, 2.05) is 36.4 Å². The number of nitrogen functional groups attached to an aromatic ring is 1. The van der Waals surface area contributed by atoms with Gasteiger partial charge in [0.1, 0.15) is 5.52 Å². The zero-order chi connectivity index (χ0) is 24.7. The number of imidazole rings is 2. The maximum absolute atomic E-state index is 13.3. The molecule has 4 aromatic rings. The van der Waals surface area contributed by atoms with Gasteiger partial charge in [0.25, 0.3) is 0 Å². The molecule has 1 aliphatic carbocycles. The van der Waals surface area contributed by atoms with Crippen LogP contribution in [0.3, 0.4) is 0 Å². The number of fused-ring (bicyclic) bond motifs is 1. The van der Waals surface area contributed by atoms with Crippen molar-refractivity contribution in [2.45, 2.75) is 62.1 Å². The number of benzene rings is 2. The van der Waals surface area contributed by atoms with E-state index in [9.17, 15) is 8.42 Å². The topological polar surface area (TPSA) is 107 Å². The largest absolute Gasteiger partial charge is 0.369 e. The first-order valence-electron chi connectivity index (χ1n) is 12.0. The Morgan fingerprint density at radius 1 is 1.09 bits per heavy atom. The number of hydrogen-bond donors (Lipinski definition) is 2. The summed E-state index contributed by atoms with van der Waals surface area (Å²) in [6.07, 6.45) is 11.5. The number of nitrogens with zero attached hydrogens (tertiary/aromatic N) is 3. The van der Waals surface area contributed by atoms with Crippen molar-refractivity contribution in [3.05, 3.63) is 48.3 Å². The lowest BCUT2D eigenvalue weighted by Gasteiger charge is -2.26. The van der Waals surface area contributed by atoms with E-state index >= 15 is 0 Å². The maximum Gasteiger partial charge on any atom is 0.198 e. The van der Waals surface area contributed by atoms with E-state index in [4.69, 9.17) is 17.1 Å². The van der Waals surface area contributed by atoms with E-state index in [1.54, 1.807) is 19.9 Å². The van der Waals surface area contributed by atoms with Crippen molar-refractivity contribution in [1.82, 2.24) is 19.5 Å². The van der Waals surface area contributed by atoms with Crippen LogP contribution in [0.1, 0.15) is 57.8 Å². The Labute approximate surface area is 205 Å². The highest BCUT2D eigenvalue weighted by atomic mass is 32.2. The van der Waals surface area contributed by atoms with Gasteiger partial charge >= 0.3 is 0 Å². The molecule has 180 valence electrons. The van der Waals surface area contributed by atoms with Gasteiger partial charge in [0.2, 0.25) is 0 Å². The average Bonchev–Trinajstić information content (AvgIpc) is 3.44. The standard InChI is InChI=1S/C27H29N5O2S/c1-4-23-30-24(26(18-11-7-5-8-12-18)32(23)20-13-9-6-10-14-20)19-15-21-25(31-27(28)29-21)22(16-19)35(33,34)17(2)3/h1,5,7-8,11-12,15-17,20H,6,9-10,13-14H2,2-3H3,(H3,28,29,31). The SMILES string of the molecule is C#Cc1nc(-c2cc(S(=O)(=O)C(C)C)c3nc(N)[nH]c3c2)c(-c2ccccc2)n1C1CCCCC1. The summed E-state index contributed by atoms with van der Waals surface area (Å²) in [5.74, 6) is 3.51. The lowest BCUT2D eigenvalue weighted by Crippen LogP contribution is -2.15. The molecule has 8 heteroatoms. The molecule has 0 spiro atoms. The van der Waals surface area contributed by atoms with Gasteiger partial charge in [-0.3, -0.25) is 0 Å². The molecule has 7 nitrogen and oxygen atoms in total. The molecule has 0 unspecified atom stereocenters. The molecular formula is C27H29N5O2S. The van der Waals surface area contributed by atoms with Crippen molar-refractivity contribution >= 4 is 26.8 Å². The zero-order valence-corrected chi connectivity index (χ0v) is 20.8. The van der Waals surface area contributed by atoms with Gasteiger partial charge in [-0.2, -0.15) is 0 Å². The number of H-pyrrole nitrogens is 1. The smallest absolute Gasteiger partial charge is 0.198 e. The highest BCUT2D eigenvalue weighted by molar-refractivity contribution is 7.92. The fourth-order valence-electron chi connectivity index (χ4n) is 5.01. The van der Waals surface area contributed by atoms with E-state index in [2.05, 4.69) is 20.5 Å². The number of anilines is 1. The Morgan fingerprint density at radius 3 is 2.46 bits per heavy atom. The maximum atomic E-state index is 13.3. The number of hydrogen-bond acceptors (Lipinski definition) is 5. The Morgan fingerprint density at radius 2 is 1.80 bits per heavy atom. The number of aromatic amines is 1. The molecule has 0 bridgehead atoms. The Hall–Kier alpha value is -3.57. The van der Waals surface area contributed by atoms with Crippen LogP contribution in [0.5, 0.6) is 0 Å². The van der Waals surface area contributed by atoms with E-state index in [0.717, 1.165) is 36.9 Å². The van der Waals surface area contributed by atoms with Crippen molar-refractivity contribution in [2.24, 2.45) is 0 Å². The zero-order valence-electron chi connectivity index (χ0n) is 20.0. The summed E-state index contributed by atoms with van der Waals surface area (Å²) in [5, 5.41) is -0.617. The van der Waals surface area contributed by atoms with Crippen LogP contribution >= 0.6 is 0 Å². The minimum atomic E-state index is -3.64. The van der Waals surface area contributed by atoms with Crippen molar-refractivity contribution in [3.8, 4) is 34.9 Å². The molecule has 2 aromatic carbocycles. The van der Waals surface area contributed by atoms with E-state index < -0.39 is 15.1 Å². The van der Waals surface area contributed by atoms with Crippen LogP contribution in [0.15, 0.2) is 47.4 Å². The van der Waals surface area contributed by atoms with Crippen LogP contribution in [0.25, 0.3) is 33.5 Å². The van der Waals surface area contributed by atoms with Gasteiger partial charge in [0.15, 0.2) is 21.6 Å². The van der Waals surface area contributed by atoms with Crippen LogP contribution in [0.2, 0.25) is 0 Å². The Bertz CT molecular complexity index is 1540. The van der Waals surface area contributed by atoms with Crippen LogP contribution in [-0.2, 0) is 9.84 Å². The van der Waals surface area contributed by atoms with Gasteiger partial charge in [0, 0.05) is 17.2 Å². The quantitative estimate of drug-likeness (QED) is 0.369. The van der Waals surface area contributed by atoms with Crippen LogP contribution in [0, 0.1) is 12.3 Å². The highest BCUT2D eigenvalue weighted by Crippen LogP contribution is 2.41. The second-order valence-corrected chi connectivity index (χ2v) is 11.9. The van der Waals surface area contributed by atoms with Crippen LogP contribution < -0.4 is 5.73 Å². The molecular weight excluding hydrogens is 458 g/mol. The summed E-state index contributed by atoms with van der Waals surface area (Å²) in [6, 6.07) is 13.8. The molecule has 2 heterocycles. The minimum Gasteiger partial charge on any atom is -0.369 e. The molecule has 3 N–H and O–H groups in total. The number of nitrogens with two attached hydrogens (primary N) is 1. The number of aromatic nitrogens is 4. The molecule has 35 heavy (non-hydrogen) atoms. The Balaban J connectivity index is 1.83. The monoisotopic (exact) mass is 487 g/mol. The second-order valence-electron chi connectivity index (χ2n) is 9.39. The molecule has 0 aliphatic heterocycles. The normalized spacial score (nSPS) is 15.0. The molecule has 1 aliphatic rings. The lowest BCUT2D eigenvalue weighted by molar-refractivity contribution is 0.353. The van der Waals surface area contributed by atoms with Gasteiger partial charge < -0.3 is 15.3 Å². The number of sulfone groups is 1. The van der Waals surface area contributed by atoms with Crippen molar-refractivity contribution in [1.29, 1.82) is 0 Å². The van der Waals surface area contributed by atoms with E-state index in [1.165, 1.54) is 6.42 Å². The van der Waals surface area contributed by atoms with Crippen molar-refractivity contribution < 1.29 is 8.42 Å². The minimum absolute atomic E-state index is 0.140. The fourth-order valence-corrected chi connectivity index (χ4v) is 6.24.